The zero-order valence-corrected chi connectivity index (χ0v) is 34.9. The molecule has 0 spiro atoms. The van der Waals surface area contributed by atoms with Crippen LogP contribution in [0.25, 0.3) is 32.8 Å². The normalized spacial score (nSPS) is 13.8. The predicted molar refractivity (Wildman–Crippen MR) is 203 cm³/mol. The van der Waals surface area contributed by atoms with Crippen LogP contribution in [0.2, 0.25) is 0 Å². The van der Waals surface area contributed by atoms with Gasteiger partial charge in [-0.2, -0.15) is 13.2 Å². The SMILES string of the molecule is CCC(CC(F)(F)F)C(=O)/C=C(\O)C(CC)CC.Cc1ccc2c(CC(C)(C)C)c3c([c-]c2c1)-c1nccc2cc(CC(C)(C)C)cc(c12)S3.[Ir]. The van der Waals surface area contributed by atoms with Gasteiger partial charge in [0.15, 0.2) is 5.78 Å². The van der Waals surface area contributed by atoms with Gasteiger partial charge in [0.2, 0.25) is 0 Å². The number of fused-ring (bicyclic) bond motifs is 3. The number of aliphatic hydroxyl groups is 1. The van der Waals surface area contributed by atoms with Gasteiger partial charge in [0.05, 0.1) is 12.2 Å². The molecule has 3 nitrogen and oxygen atoms in total. The summed E-state index contributed by atoms with van der Waals surface area (Å²) < 4.78 is 36.7. The Hall–Kier alpha value is -2.67. The molecule has 1 N–H and O–H groups in total. The molecule has 3 aromatic carbocycles. The Kier molecular flexibility index (Phi) is 14.2. The van der Waals surface area contributed by atoms with E-state index in [-0.39, 0.29) is 49.0 Å². The second kappa shape index (κ2) is 17.0. The predicted octanol–water partition coefficient (Wildman–Crippen LogP) is 13.2. The number of halogens is 3. The first-order chi connectivity index (χ1) is 23.2. The van der Waals surface area contributed by atoms with Crippen LogP contribution in [0.3, 0.4) is 0 Å². The van der Waals surface area contributed by atoms with Gasteiger partial charge in [0.1, 0.15) is 0 Å². The molecule has 1 radical (unpaired) electrons. The summed E-state index contributed by atoms with van der Waals surface area (Å²) in [5.41, 5.74) is 6.84. The third-order valence-electron chi connectivity index (χ3n) is 9.11. The van der Waals surface area contributed by atoms with Gasteiger partial charge in [-0.25, -0.2) is 0 Å². The van der Waals surface area contributed by atoms with Crippen molar-refractivity contribution < 1.29 is 43.2 Å². The Balaban J connectivity index is 0.000000319. The molecule has 1 aliphatic rings. The molecule has 0 amide bonds. The Labute approximate surface area is 320 Å². The fourth-order valence-electron chi connectivity index (χ4n) is 6.72. The maximum Gasteiger partial charge on any atom is 0.389 e. The third-order valence-corrected chi connectivity index (χ3v) is 10.3. The second-order valence-electron chi connectivity index (χ2n) is 16.2. The summed E-state index contributed by atoms with van der Waals surface area (Å²) in [6, 6.07) is 17.5. The van der Waals surface area contributed by atoms with Crippen molar-refractivity contribution in [2.75, 3.05) is 0 Å². The number of carbonyl (C=O) groups is 1. The van der Waals surface area contributed by atoms with Crippen LogP contribution in [0.5, 0.6) is 0 Å². The number of aromatic nitrogens is 1. The molecule has 0 fully saturated rings. The van der Waals surface area contributed by atoms with E-state index in [0.717, 1.165) is 24.6 Å². The first-order valence-electron chi connectivity index (χ1n) is 17.8. The number of rotatable bonds is 9. The van der Waals surface area contributed by atoms with E-state index in [4.69, 9.17) is 4.98 Å². The topological polar surface area (TPSA) is 50.2 Å². The van der Waals surface area contributed by atoms with E-state index < -0.39 is 24.3 Å². The Morgan fingerprint density at radius 2 is 1.55 bits per heavy atom. The van der Waals surface area contributed by atoms with E-state index in [2.05, 4.69) is 90.9 Å². The summed E-state index contributed by atoms with van der Waals surface area (Å²) in [5, 5.41) is 14.8. The second-order valence-corrected chi connectivity index (χ2v) is 17.2. The summed E-state index contributed by atoms with van der Waals surface area (Å²) in [5.74, 6) is -2.00. The van der Waals surface area contributed by atoms with Crippen molar-refractivity contribution in [1.29, 1.82) is 0 Å². The Bertz CT molecular complexity index is 1880. The van der Waals surface area contributed by atoms with Crippen LogP contribution >= 0.6 is 11.8 Å². The van der Waals surface area contributed by atoms with Crippen LogP contribution in [0.4, 0.5) is 13.2 Å². The van der Waals surface area contributed by atoms with Gasteiger partial charge in [-0.05, 0) is 83.2 Å². The number of hydrogen-bond donors (Lipinski definition) is 1. The average Bonchev–Trinajstić information content (AvgIpc) is 2.99. The first-order valence-corrected chi connectivity index (χ1v) is 18.6. The summed E-state index contributed by atoms with van der Waals surface area (Å²) >= 11 is 1.93. The summed E-state index contributed by atoms with van der Waals surface area (Å²) in [6.45, 7) is 21.3. The van der Waals surface area contributed by atoms with Gasteiger partial charge in [-0.1, -0.05) is 103 Å². The Morgan fingerprint density at radius 1 is 0.922 bits per heavy atom. The molecule has 2 heterocycles. The standard InChI is InChI=1S/C30H32NS.C13H21F3O2.Ir/c1-18-8-9-22-21(12-18)15-23-27-26-20(10-11-31-27)13-19(16-29(2,3)4)14-25(26)32-28(23)24(22)17-30(5,6)7;1-4-9(5-2)11(17)7-12(18)10(6-3)8-13(14,15)16;/h8-14H,16-17H2,1-7H3;7,9-10,17H,4-6,8H2,1-3H3;/q-1;;/b;11-7-;. The quantitative estimate of drug-likeness (QED) is 0.0910. The number of alkyl halides is 3. The summed E-state index contributed by atoms with van der Waals surface area (Å²) in [7, 11) is 0. The molecule has 0 aliphatic carbocycles. The number of ketones is 1. The Morgan fingerprint density at radius 3 is 2.12 bits per heavy atom. The molecule has 0 saturated heterocycles. The summed E-state index contributed by atoms with van der Waals surface area (Å²) in [6.07, 6.45) is 0.985. The molecule has 1 unspecified atom stereocenters. The van der Waals surface area contributed by atoms with E-state index in [9.17, 15) is 23.1 Å². The molecule has 279 valence electrons. The number of benzene rings is 3. The van der Waals surface area contributed by atoms with Crippen LogP contribution < -0.4 is 0 Å². The molecule has 5 rings (SSSR count). The van der Waals surface area contributed by atoms with Crippen molar-refractivity contribution in [3.05, 3.63) is 77.2 Å². The zero-order chi connectivity index (χ0) is 37.2. The van der Waals surface area contributed by atoms with Gasteiger partial charge in [-0.3, -0.25) is 9.78 Å². The maximum absolute atomic E-state index is 12.2. The molecule has 4 aromatic rings. The first kappa shape index (κ1) is 42.7. The number of aryl methyl sites for hydroxylation is 1. The summed E-state index contributed by atoms with van der Waals surface area (Å²) in [4.78, 5) is 19.3. The molecule has 0 bridgehead atoms. The van der Waals surface area contributed by atoms with Crippen molar-refractivity contribution in [2.45, 2.75) is 124 Å². The number of allylic oxidation sites excluding steroid dienone is 2. The number of nitrogens with zero attached hydrogens (tertiary/aromatic N) is 1. The smallest absolute Gasteiger partial charge is 0.389 e. The van der Waals surface area contributed by atoms with E-state index in [1.54, 1.807) is 0 Å². The van der Waals surface area contributed by atoms with E-state index >= 15 is 0 Å². The molecular weight excluding hydrogens is 844 g/mol. The van der Waals surface area contributed by atoms with Crippen LogP contribution in [-0.4, -0.2) is 22.1 Å². The van der Waals surface area contributed by atoms with Gasteiger partial charge in [-0.15, -0.1) is 29.3 Å². The van der Waals surface area contributed by atoms with Crippen molar-refractivity contribution in [2.24, 2.45) is 22.7 Å². The monoisotopic (exact) mass is 897 g/mol. The van der Waals surface area contributed by atoms with Crippen LogP contribution in [0.1, 0.15) is 105 Å². The third kappa shape index (κ3) is 11.2. The van der Waals surface area contributed by atoms with Crippen LogP contribution in [0, 0.1) is 35.7 Å². The van der Waals surface area contributed by atoms with Gasteiger partial charge < -0.3 is 5.11 Å². The maximum atomic E-state index is 12.2. The average molecular weight is 897 g/mol. The molecule has 1 atom stereocenters. The van der Waals surface area contributed by atoms with Gasteiger partial charge in [0, 0.05) is 54.8 Å². The minimum atomic E-state index is -4.35. The van der Waals surface area contributed by atoms with E-state index in [1.807, 2.05) is 31.8 Å². The van der Waals surface area contributed by atoms with Crippen LogP contribution in [0.15, 0.2) is 64.2 Å². The van der Waals surface area contributed by atoms with Crippen molar-refractivity contribution in [3.8, 4) is 11.3 Å². The van der Waals surface area contributed by atoms with E-state index in [1.165, 1.54) is 60.5 Å². The van der Waals surface area contributed by atoms with Gasteiger partial charge >= 0.3 is 6.18 Å². The van der Waals surface area contributed by atoms with Gasteiger partial charge in [0.25, 0.3) is 0 Å². The number of aliphatic hydroxyl groups excluding tert-OH is 1. The molecule has 1 aliphatic heterocycles. The molecule has 51 heavy (non-hydrogen) atoms. The minimum Gasteiger partial charge on any atom is -0.512 e. The zero-order valence-electron chi connectivity index (χ0n) is 31.7. The minimum absolute atomic E-state index is 0. The molecular formula is C43H53F3IrNO2S-. The largest absolute Gasteiger partial charge is 0.512 e. The number of carbonyl (C=O) groups excluding carboxylic acids is 1. The van der Waals surface area contributed by atoms with Crippen LogP contribution in [-0.2, 0) is 37.7 Å². The fourth-order valence-corrected chi connectivity index (χ4v) is 8.02. The van der Waals surface area contributed by atoms with Crippen molar-refractivity contribution in [3.63, 3.8) is 0 Å². The number of pyridine rings is 1. The molecule has 1 aromatic heterocycles. The van der Waals surface area contributed by atoms with E-state index in [0.29, 0.717) is 12.8 Å². The fraction of sp³-hybridized carbons (Fsp3) is 0.488. The van der Waals surface area contributed by atoms with Crippen molar-refractivity contribution in [1.82, 2.24) is 4.98 Å². The molecule has 8 heteroatoms. The number of hydrogen-bond acceptors (Lipinski definition) is 4. The molecule has 0 saturated carbocycles. The van der Waals surface area contributed by atoms with Crippen molar-refractivity contribution >= 4 is 39.1 Å².